The molecule has 0 saturated carbocycles. The standard InChI is InChI=1S/C28H24ClN3O2S/c1-3-19-10-12-23(13-11-19)32-27(34)25(16-20-7-5-8-21(29)15-20)35-28(32)24(17-30)26(33)31-22-9-4-6-18(2)14-22/h4-15,25H,3,16H2,1-2H3,(H,31,33)/b28-24-. The maximum absolute atomic E-state index is 13.6. The molecule has 35 heavy (non-hydrogen) atoms. The van der Waals surface area contributed by atoms with Crippen LogP contribution in [-0.2, 0) is 22.4 Å². The highest BCUT2D eigenvalue weighted by Crippen LogP contribution is 2.42. The van der Waals surface area contributed by atoms with Gasteiger partial charge in [0.1, 0.15) is 16.7 Å². The van der Waals surface area contributed by atoms with Crippen molar-refractivity contribution >= 4 is 46.6 Å². The first kappa shape index (κ1) is 24.6. The summed E-state index contributed by atoms with van der Waals surface area (Å²) in [7, 11) is 0. The van der Waals surface area contributed by atoms with Crippen molar-refractivity contribution in [2.24, 2.45) is 0 Å². The maximum Gasteiger partial charge on any atom is 0.269 e. The molecule has 0 spiro atoms. The zero-order valence-electron chi connectivity index (χ0n) is 19.4. The van der Waals surface area contributed by atoms with Crippen LogP contribution in [0.15, 0.2) is 83.4 Å². The molecule has 0 radical (unpaired) electrons. The summed E-state index contributed by atoms with van der Waals surface area (Å²) in [6.07, 6.45) is 1.29. The molecule has 3 aromatic rings. The molecule has 2 amide bonds. The van der Waals surface area contributed by atoms with Gasteiger partial charge in [0.2, 0.25) is 5.91 Å². The number of anilines is 2. The fraction of sp³-hybridized carbons (Fsp3) is 0.179. The van der Waals surface area contributed by atoms with Crippen LogP contribution in [0.3, 0.4) is 0 Å². The Kier molecular flexibility index (Phi) is 7.60. The van der Waals surface area contributed by atoms with E-state index in [1.165, 1.54) is 16.7 Å². The molecular formula is C28H24ClN3O2S. The van der Waals surface area contributed by atoms with Crippen LogP contribution in [0.4, 0.5) is 11.4 Å². The number of rotatable bonds is 6. The quantitative estimate of drug-likeness (QED) is 0.319. The number of hydrogen-bond acceptors (Lipinski definition) is 4. The van der Waals surface area contributed by atoms with Gasteiger partial charge in [0.15, 0.2) is 0 Å². The van der Waals surface area contributed by atoms with E-state index in [-0.39, 0.29) is 11.5 Å². The maximum atomic E-state index is 13.6. The summed E-state index contributed by atoms with van der Waals surface area (Å²) >= 11 is 7.38. The Morgan fingerprint density at radius 2 is 1.83 bits per heavy atom. The summed E-state index contributed by atoms with van der Waals surface area (Å²) in [4.78, 5) is 28.3. The molecule has 1 aliphatic heterocycles. The van der Waals surface area contributed by atoms with E-state index >= 15 is 0 Å². The van der Waals surface area contributed by atoms with Gasteiger partial charge in [0.25, 0.3) is 5.91 Å². The third-order valence-electron chi connectivity index (χ3n) is 5.69. The third-order valence-corrected chi connectivity index (χ3v) is 7.19. The highest BCUT2D eigenvalue weighted by atomic mass is 35.5. The van der Waals surface area contributed by atoms with E-state index in [1.54, 1.807) is 12.1 Å². The molecule has 1 fully saturated rings. The Balaban J connectivity index is 1.73. The van der Waals surface area contributed by atoms with Crippen LogP contribution >= 0.6 is 23.4 Å². The minimum absolute atomic E-state index is 0.0991. The highest BCUT2D eigenvalue weighted by molar-refractivity contribution is 8.05. The van der Waals surface area contributed by atoms with Gasteiger partial charge in [-0.3, -0.25) is 14.5 Å². The second-order valence-electron chi connectivity index (χ2n) is 8.25. The lowest BCUT2D eigenvalue weighted by molar-refractivity contribution is -0.117. The van der Waals surface area contributed by atoms with Crippen molar-refractivity contribution in [1.82, 2.24) is 0 Å². The molecule has 7 heteroatoms. The summed E-state index contributed by atoms with van der Waals surface area (Å²) in [5.41, 5.74) is 4.14. The minimum atomic E-state index is -0.549. The lowest BCUT2D eigenvalue weighted by atomic mass is 10.1. The second-order valence-corrected chi connectivity index (χ2v) is 9.88. The number of nitriles is 1. The summed E-state index contributed by atoms with van der Waals surface area (Å²) in [6, 6.07) is 24.4. The smallest absolute Gasteiger partial charge is 0.269 e. The van der Waals surface area contributed by atoms with Gasteiger partial charge >= 0.3 is 0 Å². The molecule has 3 aromatic carbocycles. The number of thioether (sulfide) groups is 1. The van der Waals surface area contributed by atoms with Crippen molar-refractivity contribution in [2.45, 2.75) is 31.9 Å². The number of nitrogens with one attached hydrogen (secondary N) is 1. The molecule has 1 unspecified atom stereocenters. The van der Waals surface area contributed by atoms with Gasteiger partial charge in [-0.2, -0.15) is 5.26 Å². The van der Waals surface area contributed by atoms with Crippen LogP contribution in [0, 0.1) is 18.3 Å². The van der Waals surface area contributed by atoms with Crippen molar-refractivity contribution in [2.75, 3.05) is 10.2 Å². The molecule has 4 rings (SSSR count). The molecule has 0 aliphatic carbocycles. The number of carbonyl (C=O) groups excluding carboxylic acids is 2. The monoisotopic (exact) mass is 501 g/mol. The van der Waals surface area contributed by atoms with E-state index < -0.39 is 11.2 Å². The van der Waals surface area contributed by atoms with E-state index in [1.807, 2.05) is 73.7 Å². The van der Waals surface area contributed by atoms with Gasteiger partial charge in [-0.05, 0) is 72.9 Å². The van der Waals surface area contributed by atoms with Crippen LogP contribution in [-0.4, -0.2) is 17.1 Å². The molecule has 176 valence electrons. The summed E-state index contributed by atoms with van der Waals surface area (Å²) in [6.45, 7) is 3.98. The van der Waals surface area contributed by atoms with Gasteiger partial charge < -0.3 is 5.32 Å². The molecule has 0 bridgehead atoms. The highest BCUT2D eigenvalue weighted by Gasteiger charge is 2.40. The average Bonchev–Trinajstić information content (AvgIpc) is 3.15. The molecule has 1 saturated heterocycles. The van der Waals surface area contributed by atoms with Gasteiger partial charge in [-0.25, -0.2) is 0 Å². The first-order valence-corrected chi connectivity index (χ1v) is 12.5. The normalized spacial score (nSPS) is 16.7. The van der Waals surface area contributed by atoms with E-state index in [2.05, 4.69) is 12.2 Å². The Bertz CT molecular complexity index is 1340. The number of benzene rings is 3. The number of carbonyl (C=O) groups is 2. The first-order valence-electron chi connectivity index (χ1n) is 11.3. The van der Waals surface area contributed by atoms with Crippen molar-refractivity contribution in [3.63, 3.8) is 0 Å². The molecular weight excluding hydrogens is 478 g/mol. The minimum Gasteiger partial charge on any atom is -0.321 e. The topological polar surface area (TPSA) is 73.2 Å². The van der Waals surface area contributed by atoms with Crippen molar-refractivity contribution < 1.29 is 9.59 Å². The largest absolute Gasteiger partial charge is 0.321 e. The predicted molar refractivity (Wildman–Crippen MR) is 142 cm³/mol. The SMILES string of the molecule is CCc1ccc(N2C(=O)C(Cc3cccc(Cl)c3)S/C2=C(/C#N)C(=O)Nc2cccc(C)c2)cc1. The lowest BCUT2D eigenvalue weighted by Gasteiger charge is -2.19. The molecule has 1 heterocycles. The number of nitrogens with zero attached hydrogens (tertiary/aromatic N) is 2. The molecule has 1 N–H and O–H groups in total. The van der Waals surface area contributed by atoms with Crippen molar-refractivity contribution in [3.8, 4) is 6.07 Å². The summed E-state index contributed by atoms with van der Waals surface area (Å²) in [5.74, 6) is -0.725. The Morgan fingerprint density at radius 3 is 2.49 bits per heavy atom. The zero-order valence-corrected chi connectivity index (χ0v) is 21.0. The van der Waals surface area contributed by atoms with E-state index in [4.69, 9.17) is 11.6 Å². The van der Waals surface area contributed by atoms with Crippen LogP contribution in [0.5, 0.6) is 0 Å². The fourth-order valence-corrected chi connectivity index (χ4v) is 5.42. The second kappa shape index (κ2) is 10.8. The van der Waals surface area contributed by atoms with Crippen molar-refractivity contribution in [1.29, 1.82) is 5.26 Å². The number of aryl methyl sites for hydroxylation is 2. The van der Waals surface area contributed by atoms with Crippen LogP contribution in [0.25, 0.3) is 0 Å². The average molecular weight is 502 g/mol. The third kappa shape index (κ3) is 5.59. The Labute approximate surface area is 214 Å². The predicted octanol–water partition coefficient (Wildman–Crippen LogP) is 6.28. The van der Waals surface area contributed by atoms with Crippen LogP contribution in [0.1, 0.15) is 23.6 Å². The first-order chi connectivity index (χ1) is 16.9. The zero-order chi connectivity index (χ0) is 24.9. The van der Waals surface area contributed by atoms with Gasteiger partial charge in [-0.1, -0.05) is 66.7 Å². The van der Waals surface area contributed by atoms with Crippen LogP contribution < -0.4 is 10.2 Å². The van der Waals surface area contributed by atoms with Gasteiger partial charge in [0.05, 0.1) is 5.25 Å². The lowest BCUT2D eigenvalue weighted by Crippen LogP contribution is -2.31. The number of halogens is 1. The molecule has 5 nitrogen and oxygen atoms in total. The van der Waals surface area contributed by atoms with Crippen molar-refractivity contribution in [3.05, 3.63) is 105 Å². The number of amides is 2. The number of hydrogen-bond donors (Lipinski definition) is 1. The summed E-state index contributed by atoms with van der Waals surface area (Å²) in [5, 5.41) is 13.2. The molecule has 0 aromatic heterocycles. The molecule has 1 aliphatic rings. The van der Waals surface area contributed by atoms with E-state index in [0.29, 0.717) is 27.8 Å². The Hall–Kier alpha value is -3.53. The van der Waals surface area contributed by atoms with Gasteiger partial charge in [-0.15, -0.1) is 0 Å². The molecule has 1 atom stereocenters. The van der Waals surface area contributed by atoms with E-state index in [0.717, 1.165) is 23.1 Å². The Morgan fingerprint density at radius 1 is 1.09 bits per heavy atom. The fourth-order valence-electron chi connectivity index (χ4n) is 3.90. The van der Waals surface area contributed by atoms with Crippen LogP contribution in [0.2, 0.25) is 5.02 Å². The summed E-state index contributed by atoms with van der Waals surface area (Å²) < 4.78 is 0. The van der Waals surface area contributed by atoms with Gasteiger partial charge in [0, 0.05) is 16.4 Å². The van der Waals surface area contributed by atoms with E-state index in [9.17, 15) is 14.9 Å².